The summed E-state index contributed by atoms with van der Waals surface area (Å²) in [6.07, 6.45) is 0. The zero-order valence-corrected chi connectivity index (χ0v) is 15.0. The molecule has 3 aromatic rings. The summed E-state index contributed by atoms with van der Waals surface area (Å²) in [7, 11) is 0. The van der Waals surface area contributed by atoms with Crippen molar-refractivity contribution >= 4 is 34.0 Å². The van der Waals surface area contributed by atoms with Crippen molar-refractivity contribution in [3.05, 3.63) is 66.7 Å². The number of para-hydroxylation sites is 2. The van der Waals surface area contributed by atoms with Gasteiger partial charge in [-0.25, -0.2) is 0 Å². The lowest BCUT2D eigenvalue weighted by molar-refractivity contribution is -0.121. The molecule has 0 unspecified atom stereocenters. The number of ether oxygens (including phenoxy) is 1. The molecule has 1 N–H and O–H groups in total. The van der Waals surface area contributed by atoms with Gasteiger partial charge in [0.05, 0.1) is 17.3 Å². The second-order valence-corrected chi connectivity index (χ2v) is 6.71. The number of benzene rings is 3. The first kappa shape index (κ1) is 17.1. The predicted octanol–water partition coefficient (Wildman–Crippen LogP) is 3.84. The van der Waals surface area contributed by atoms with Crippen LogP contribution in [0.4, 0.5) is 11.4 Å². The van der Waals surface area contributed by atoms with Gasteiger partial charge in [-0.2, -0.15) is 0 Å². The van der Waals surface area contributed by atoms with Gasteiger partial charge in [0.2, 0.25) is 5.91 Å². The Morgan fingerprint density at radius 1 is 1.07 bits per heavy atom. The van der Waals surface area contributed by atoms with Crippen LogP contribution in [-0.4, -0.2) is 25.0 Å². The van der Waals surface area contributed by atoms with Crippen molar-refractivity contribution in [1.82, 2.24) is 0 Å². The summed E-state index contributed by atoms with van der Waals surface area (Å²) < 4.78 is 5.75. The van der Waals surface area contributed by atoms with E-state index in [0.717, 1.165) is 10.8 Å². The van der Waals surface area contributed by atoms with Crippen LogP contribution in [0.1, 0.15) is 6.92 Å². The van der Waals surface area contributed by atoms with Gasteiger partial charge < -0.3 is 15.0 Å². The molecule has 3 aromatic carbocycles. The lowest BCUT2D eigenvalue weighted by Gasteiger charge is -2.23. The van der Waals surface area contributed by atoms with Crippen LogP contribution in [0, 0.1) is 5.92 Å². The van der Waals surface area contributed by atoms with E-state index in [2.05, 4.69) is 5.32 Å². The van der Waals surface area contributed by atoms with Crippen molar-refractivity contribution in [2.24, 2.45) is 5.92 Å². The molecule has 0 fully saturated rings. The number of nitrogens with one attached hydrogen (secondary N) is 1. The Morgan fingerprint density at radius 3 is 2.67 bits per heavy atom. The predicted molar refractivity (Wildman–Crippen MR) is 106 cm³/mol. The summed E-state index contributed by atoms with van der Waals surface area (Å²) in [4.78, 5) is 26.7. The highest BCUT2D eigenvalue weighted by molar-refractivity contribution is 6.04. The molecule has 0 aliphatic carbocycles. The molecule has 1 aliphatic rings. The van der Waals surface area contributed by atoms with Crippen LogP contribution in [-0.2, 0) is 9.59 Å². The van der Waals surface area contributed by atoms with Crippen molar-refractivity contribution in [3.63, 3.8) is 0 Å². The molecule has 1 atom stereocenters. The molecule has 1 heterocycles. The van der Waals surface area contributed by atoms with Crippen molar-refractivity contribution < 1.29 is 14.3 Å². The maximum atomic E-state index is 12.9. The van der Waals surface area contributed by atoms with Crippen LogP contribution in [0.2, 0.25) is 0 Å². The Labute approximate surface area is 157 Å². The Kier molecular flexibility index (Phi) is 4.50. The van der Waals surface area contributed by atoms with E-state index in [1.165, 1.54) is 0 Å². The Morgan fingerprint density at radius 2 is 1.81 bits per heavy atom. The van der Waals surface area contributed by atoms with Gasteiger partial charge in [-0.1, -0.05) is 49.4 Å². The molecule has 0 radical (unpaired) electrons. The summed E-state index contributed by atoms with van der Waals surface area (Å²) in [5.74, 6) is 0.0709. The molecule has 2 amide bonds. The summed E-state index contributed by atoms with van der Waals surface area (Å²) in [5, 5.41) is 5.06. The fourth-order valence-electron chi connectivity index (χ4n) is 3.24. The fourth-order valence-corrected chi connectivity index (χ4v) is 3.24. The maximum absolute atomic E-state index is 12.9. The van der Waals surface area contributed by atoms with E-state index in [-0.39, 0.29) is 24.3 Å². The number of nitrogens with zero attached hydrogens (tertiary/aromatic N) is 1. The third-order valence-corrected chi connectivity index (χ3v) is 4.74. The average molecular weight is 360 g/mol. The van der Waals surface area contributed by atoms with Gasteiger partial charge in [0.25, 0.3) is 5.91 Å². The molecular formula is C22H20N2O3. The van der Waals surface area contributed by atoms with Crippen molar-refractivity contribution in [2.45, 2.75) is 6.92 Å². The van der Waals surface area contributed by atoms with Gasteiger partial charge >= 0.3 is 0 Å². The summed E-state index contributed by atoms with van der Waals surface area (Å²) in [5.41, 5.74) is 1.34. The van der Waals surface area contributed by atoms with Gasteiger partial charge in [0.15, 0.2) is 6.61 Å². The molecule has 0 bridgehead atoms. The number of carbonyl (C=O) groups excluding carboxylic acids is 2. The highest BCUT2D eigenvalue weighted by Gasteiger charge is 2.28. The van der Waals surface area contributed by atoms with Crippen LogP contribution >= 0.6 is 0 Å². The zero-order chi connectivity index (χ0) is 18.8. The molecule has 5 nitrogen and oxygen atoms in total. The first-order chi connectivity index (χ1) is 13.1. The number of hydrogen-bond acceptors (Lipinski definition) is 3. The van der Waals surface area contributed by atoms with Crippen LogP contribution in [0.3, 0.4) is 0 Å². The van der Waals surface area contributed by atoms with E-state index in [9.17, 15) is 9.59 Å². The summed E-state index contributed by atoms with van der Waals surface area (Å²) in [6, 6.07) is 21.1. The molecule has 0 saturated carbocycles. The number of fused-ring (bicyclic) bond motifs is 2. The van der Waals surface area contributed by atoms with Crippen LogP contribution < -0.4 is 15.0 Å². The standard InChI is InChI=1S/C22H20N2O3/c1-15-13-24(20-9-5-4-8-19(20)23-22(15)26)21(25)14-27-18-11-10-16-6-2-3-7-17(16)12-18/h2-12,15H,13-14H2,1H3,(H,23,26)/t15-/m0/s1. The third-order valence-electron chi connectivity index (χ3n) is 4.74. The van der Waals surface area contributed by atoms with Crippen molar-refractivity contribution in [3.8, 4) is 5.75 Å². The van der Waals surface area contributed by atoms with Crippen molar-refractivity contribution in [2.75, 3.05) is 23.4 Å². The number of rotatable bonds is 3. The zero-order valence-electron chi connectivity index (χ0n) is 15.0. The molecule has 5 heteroatoms. The third kappa shape index (κ3) is 3.49. The van der Waals surface area contributed by atoms with Crippen LogP contribution in [0.25, 0.3) is 10.8 Å². The smallest absolute Gasteiger partial charge is 0.264 e. The topological polar surface area (TPSA) is 58.6 Å². The van der Waals surface area contributed by atoms with Gasteiger partial charge in [0.1, 0.15) is 5.75 Å². The summed E-state index contributed by atoms with van der Waals surface area (Å²) >= 11 is 0. The minimum atomic E-state index is -0.304. The van der Waals surface area contributed by atoms with E-state index in [1.807, 2.05) is 67.6 Å². The maximum Gasteiger partial charge on any atom is 0.264 e. The number of carbonyl (C=O) groups is 2. The number of anilines is 2. The monoisotopic (exact) mass is 360 g/mol. The van der Waals surface area contributed by atoms with Gasteiger partial charge in [-0.15, -0.1) is 0 Å². The van der Waals surface area contributed by atoms with Gasteiger partial charge in [0, 0.05) is 6.54 Å². The molecule has 27 heavy (non-hydrogen) atoms. The molecule has 0 saturated heterocycles. The fraction of sp³-hybridized carbons (Fsp3) is 0.182. The van der Waals surface area contributed by atoms with Crippen LogP contribution in [0.15, 0.2) is 66.7 Å². The Bertz CT molecular complexity index is 1020. The quantitative estimate of drug-likeness (QED) is 0.772. The minimum Gasteiger partial charge on any atom is -0.484 e. The Balaban J connectivity index is 1.53. The van der Waals surface area contributed by atoms with Crippen LogP contribution in [0.5, 0.6) is 5.75 Å². The SMILES string of the molecule is C[C@H]1CN(C(=O)COc2ccc3ccccc3c2)c2ccccc2NC1=O. The second kappa shape index (κ2) is 7.11. The average Bonchev–Trinajstić information content (AvgIpc) is 2.82. The van der Waals surface area contributed by atoms with E-state index in [4.69, 9.17) is 4.74 Å². The van der Waals surface area contributed by atoms with E-state index in [0.29, 0.717) is 23.7 Å². The second-order valence-electron chi connectivity index (χ2n) is 6.71. The largest absolute Gasteiger partial charge is 0.484 e. The molecule has 4 rings (SSSR count). The minimum absolute atomic E-state index is 0.0896. The van der Waals surface area contributed by atoms with E-state index in [1.54, 1.807) is 11.0 Å². The highest BCUT2D eigenvalue weighted by Crippen LogP contribution is 2.30. The molecular weight excluding hydrogens is 340 g/mol. The normalized spacial score (nSPS) is 16.4. The van der Waals surface area contributed by atoms with Crippen molar-refractivity contribution in [1.29, 1.82) is 0 Å². The van der Waals surface area contributed by atoms with Gasteiger partial charge in [-0.3, -0.25) is 9.59 Å². The Hall–Kier alpha value is -3.34. The number of hydrogen-bond donors (Lipinski definition) is 1. The lowest BCUT2D eigenvalue weighted by atomic mass is 10.1. The van der Waals surface area contributed by atoms with E-state index >= 15 is 0 Å². The first-order valence-corrected chi connectivity index (χ1v) is 8.94. The molecule has 0 aromatic heterocycles. The van der Waals surface area contributed by atoms with Gasteiger partial charge in [-0.05, 0) is 35.0 Å². The van der Waals surface area contributed by atoms with E-state index < -0.39 is 0 Å². The number of amides is 2. The molecule has 0 spiro atoms. The molecule has 136 valence electrons. The first-order valence-electron chi connectivity index (χ1n) is 8.94. The lowest BCUT2D eigenvalue weighted by Crippen LogP contribution is -2.38. The summed E-state index contributed by atoms with van der Waals surface area (Å²) in [6.45, 7) is 2.04. The molecule has 1 aliphatic heterocycles. The highest BCUT2D eigenvalue weighted by atomic mass is 16.5.